The third kappa shape index (κ3) is 9.53. The summed E-state index contributed by atoms with van der Waals surface area (Å²) in [4.78, 5) is 7.86. The van der Waals surface area contributed by atoms with E-state index in [0.29, 0.717) is 6.04 Å². The maximum atomic E-state index is 4.24. The van der Waals surface area contributed by atoms with Crippen LogP contribution in [0.1, 0.15) is 13.8 Å². The topological polar surface area (TPSA) is 39.7 Å². The number of nitrogens with zero attached hydrogens (tertiary/aromatic N) is 2. The minimum atomic E-state index is 0. The monoisotopic (exact) mass is 436 g/mol. The van der Waals surface area contributed by atoms with Crippen LogP contribution in [0.25, 0.3) is 0 Å². The molecule has 0 aliphatic heterocycles. The van der Waals surface area contributed by atoms with Gasteiger partial charge in [-0.25, -0.2) is 0 Å². The number of thioether (sulfide) groups is 1. The number of likely N-dealkylation sites (N-methyl/N-ethyl adjacent to an activating group) is 1. The predicted molar refractivity (Wildman–Crippen MR) is 110 cm³/mol. The van der Waals surface area contributed by atoms with Crippen LogP contribution in [-0.2, 0) is 0 Å². The van der Waals surface area contributed by atoms with E-state index in [1.54, 1.807) is 0 Å². The molecule has 126 valence electrons. The van der Waals surface area contributed by atoms with Gasteiger partial charge in [-0.1, -0.05) is 18.2 Å². The summed E-state index contributed by atoms with van der Waals surface area (Å²) >= 11 is 1.85. The van der Waals surface area contributed by atoms with Gasteiger partial charge in [0, 0.05) is 43.4 Å². The summed E-state index contributed by atoms with van der Waals surface area (Å²) in [5.41, 5.74) is 0. The second-order valence-electron chi connectivity index (χ2n) is 5.16. The van der Waals surface area contributed by atoms with E-state index in [2.05, 4.69) is 65.7 Å². The molecule has 4 nitrogen and oxygen atoms in total. The van der Waals surface area contributed by atoms with Crippen molar-refractivity contribution in [2.45, 2.75) is 24.8 Å². The molecule has 0 aromatic heterocycles. The highest BCUT2D eigenvalue weighted by molar-refractivity contribution is 14.0. The van der Waals surface area contributed by atoms with Crippen molar-refractivity contribution in [3.63, 3.8) is 0 Å². The lowest BCUT2D eigenvalue weighted by Crippen LogP contribution is -2.42. The van der Waals surface area contributed by atoms with Gasteiger partial charge in [-0.2, -0.15) is 0 Å². The molecule has 0 aliphatic rings. The lowest BCUT2D eigenvalue weighted by atomic mass is 10.3. The van der Waals surface area contributed by atoms with Gasteiger partial charge in [0.1, 0.15) is 0 Å². The van der Waals surface area contributed by atoms with Crippen LogP contribution in [0, 0.1) is 0 Å². The lowest BCUT2D eigenvalue weighted by molar-refractivity contribution is 0.278. The Morgan fingerprint density at radius 1 is 1.18 bits per heavy atom. The number of guanidine groups is 1. The van der Waals surface area contributed by atoms with Gasteiger partial charge in [0.25, 0.3) is 0 Å². The van der Waals surface area contributed by atoms with E-state index in [0.717, 1.165) is 31.3 Å². The molecule has 0 saturated heterocycles. The van der Waals surface area contributed by atoms with Crippen LogP contribution in [0.4, 0.5) is 0 Å². The minimum Gasteiger partial charge on any atom is -0.356 e. The van der Waals surface area contributed by atoms with Crippen LogP contribution in [0.5, 0.6) is 0 Å². The first-order valence-electron chi connectivity index (χ1n) is 7.46. The van der Waals surface area contributed by atoms with Gasteiger partial charge in [-0.05, 0) is 33.0 Å². The van der Waals surface area contributed by atoms with Crippen molar-refractivity contribution >= 4 is 41.7 Å². The number of hydrogen-bond acceptors (Lipinski definition) is 3. The zero-order valence-electron chi connectivity index (χ0n) is 14.0. The minimum absolute atomic E-state index is 0. The van der Waals surface area contributed by atoms with Crippen LogP contribution in [0.15, 0.2) is 40.2 Å². The Balaban J connectivity index is 0.00000441. The molecule has 2 N–H and O–H groups in total. The Morgan fingerprint density at radius 2 is 1.82 bits per heavy atom. The van der Waals surface area contributed by atoms with E-state index < -0.39 is 0 Å². The molecule has 0 spiro atoms. The normalized spacial score (nSPS) is 11.5. The van der Waals surface area contributed by atoms with Crippen LogP contribution in [-0.4, -0.2) is 56.4 Å². The molecular weight excluding hydrogens is 407 g/mol. The summed E-state index contributed by atoms with van der Waals surface area (Å²) in [7, 11) is 3.95. The first kappa shape index (κ1) is 21.5. The zero-order chi connectivity index (χ0) is 15.5. The summed E-state index contributed by atoms with van der Waals surface area (Å²) in [6.45, 7) is 7.22. The Morgan fingerprint density at radius 3 is 2.41 bits per heavy atom. The maximum Gasteiger partial charge on any atom is 0.191 e. The molecule has 0 radical (unpaired) electrons. The first-order chi connectivity index (χ1) is 10.1. The molecule has 0 fully saturated rings. The molecule has 0 amide bonds. The van der Waals surface area contributed by atoms with Gasteiger partial charge in [0.2, 0.25) is 0 Å². The Bertz CT molecular complexity index is 412. The fraction of sp³-hybridized carbons (Fsp3) is 0.562. The smallest absolute Gasteiger partial charge is 0.191 e. The fourth-order valence-corrected chi connectivity index (χ4v) is 2.47. The second kappa shape index (κ2) is 13.0. The molecule has 0 atom stereocenters. The zero-order valence-corrected chi connectivity index (χ0v) is 17.2. The standard InChI is InChI=1S/C16H28N4S.HI/c1-14(2)20(4)12-10-18-16(17-3)19-11-13-21-15-8-6-5-7-9-15;/h5-9,14H,10-13H2,1-4H3,(H2,17,18,19);1H. The molecule has 1 aromatic carbocycles. The summed E-state index contributed by atoms with van der Waals surface area (Å²) in [6, 6.07) is 11.0. The SMILES string of the molecule is CN=C(NCCSc1ccccc1)NCCN(C)C(C)C.I. The molecule has 0 saturated carbocycles. The number of nitrogens with one attached hydrogen (secondary N) is 2. The molecule has 1 rings (SSSR count). The van der Waals surface area contributed by atoms with Gasteiger partial charge in [0.15, 0.2) is 5.96 Å². The second-order valence-corrected chi connectivity index (χ2v) is 6.33. The molecule has 0 unspecified atom stereocenters. The summed E-state index contributed by atoms with van der Waals surface area (Å²) < 4.78 is 0. The maximum absolute atomic E-state index is 4.24. The molecule has 0 heterocycles. The average molecular weight is 436 g/mol. The highest BCUT2D eigenvalue weighted by atomic mass is 127. The van der Waals surface area contributed by atoms with Crippen molar-refractivity contribution in [1.82, 2.24) is 15.5 Å². The average Bonchev–Trinajstić information content (AvgIpc) is 2.50. The number of halogens is 1. The molecular formula is C16H29IN4S. The van der Waals surface area contributed by atoms with E-state index in [-0.39, 0.29) is 24.0 Å². The van der Waals surface area contributed by atoms with Gasteiger partial charge < -0.3 is 15.5 Å². The fourth-order valence-electron chi connectivity index (χ4n) is 1.68. The summed E-state index contributed by atoms with van der Waals surface area (Å²) in [5.74, 6) is 1.90. The van der Waals surface area contributed by atoms with Gasteiger partial charge >= 0.3 is 0 Å². The number of rotatable bonds is 8. The Labute approximate surface area is 156 Å². The molecule has 0 bridgehead atoms. The van der Waals surface area contributed by atoms with Crippen molar-refractivity contribution in [3.8, 4) is 0 Å². The quantitative estimate of drug-likeness (QED) is 0.216. The van der Waals surface area contributed by atoms with E-state index >= 15 is 0 Å². The Hall–Kier alpha value is -0.470. The van der Waals surface area contributed by atoms with E-state index in [1.165, 1.54) is 4.90 Å². The third-order valence-electron chi connectivity index (χ3n) is 3.27. The van der Waals surface area contributed by atoms with E-state index in [1.807, 2.05) is 24.9 Å². The molecule has 22 heavy (non-hydrogen) atoms. The van der Waals surface area contributed by atoms with Crippen molar-refractivity contribution in [2.75, 3.05) is 39.5 Å². The van der Waals surface area contributed by atoms with Crippen LogP contribution in [0.2, 0.25) is 0 Å². The van der Waals surface area contributed by atoms with Crippen LogP contribution < -0.4 is 10.6 Å². The number of benzene rings is 1. The van der Waals surface area contributed by atoms with Crippen molar-refractivity contribution < 1.29 is 0 Å². The van der Waals surface area contributed by atoms with E-state index in [9.17, 15) is 0 Å². The van der Waals surface area contributed by atoms with Crippen molar-refractivity contribution in [1.29, 1.82) is 0 Å². The van der Waals surface area contributed by atoms with Gasteiger partial charge in [-0.3, -0.25) is 4.99 Å². The highest BCUT2D eigenvalue weighted by Crippen LogP contribution is 2.15. The number of aliphatic imine (C=N–C) groups is 1. The first-order valence-corrected chi connectivity index (χ1v) is 8.44. The van der Waals surface area contributed by atoms with Crippen molar-refractivity contribution in [3.05, 3.63) is 30.3 Å². The largest absolute Gasteiger partial charge is 0.356 e. The highest BCUT2D eigenvalue weighted by Gasteiger charge is 2.03. The summed E-state index contributed by atoms with van der Waals surface area (Å²) in [6.07, 6.45) is 0. The molecule has 1 aromatic rings. The predicted octanol–water partition coefficient (Wildman–Crippen LogP) is 2.90. The third-order valence-corrected chi connectivity index (χ3v) is 4.28. The Kier molecular flexibility index (Phi) is 12.7. The van der Waals surface area contributed by atoms with Crippen LogP contribution in [0.3, 0.4) is 0 Å². The van der Waals surface area contributed by atoms with Crippen LogP contribution >= 0.6 is 35.7 Å². The van der Waals surface area contributed by atoms with E-state index in [4.69, 9.17) is 0 Å². The number of hydrogen-bond donors (Lipinski definition) is 2. The molecule has 6 heteroatoms. The molecule has 0 aliphatic carbocycles. The van der Waals surface area contributed by atoms with Gasteiger partial charge in [0.05, 0.1) is 0 Å². The van der Waals surface area contributed by atoms with Crippen molar-refractivity contribution in [2.24, 2.45) is 4.99 Å². The lowest BCUT2D eigenvalue weighted by Gasteiger charge is -2.21. The van der Waals surface area contributed by atoms with Gasteiger partial charge in [-0.15, -0.1) is 35.7 Å². The summed E-state index contributed by atoms with van der Waals surface area (Å²) in [5, 5.41) is 6.68.